The number of carbonyl (C=O) groups is 1. The molecule has 1 heterocycles. The molecular weight excluding hydrogens is 269 g/mol. The van der Waals surface area contributed by atoms with Crippen molar-refractivity contribution in [1.82, 2.24) is 10.3 Å². The van der Waals surface area contributed by atoms with Gasteiger partial charge in [-0.15, -0.1) is 36.2 Å². The van der Waals surface area contributed by atoms with E-state index in [1.54, 1.807) is 16.8 Å². The molecule has 3 N–H and O–H groups in total. The average Bonchev–Trinajstić information content (AvgIpc) is 2.46. The highest BCUT2D eigenvalue weighted by molar-refractivity contribution is 7.09. The van der Waals surface area contributed by atoms with E-state index in [-0.39, 0.29) is 36.8 Å². The largest absolute Gasteiger partial charge is 0.351 e. The maximum Gasteiger partial charge on any atom is 0.221 e. The lowest BCUT2D eigenvalue weighted by Gasteiger charge is -2.06. The second kappa shape index (κ2) is 8.75. The third kappa shape index (κ3) is 6.27. The van der Waals surface area contributed by atoms with Crippen LogP contribution in [0.3, 0.4) is 0 Å². The van der Waals surface area contributed by atoms with Crippen molar-refractivity contribution in [3.05, 3.63) is 16.1 Å². The smallest absolute Gasteiger partial charge is 0.221 e. The van der Waals surface area contributed by atoms with E-state index < -0.39 is 0 Å². The van der Waals surface area contributed by atoms with Crippen LogP contribution in [-0.2, 0) is 11.3 Å². The molecule has 1 atom stereocenters. The maximum atomic E-state index is 11.3. The topological polar surface area (TPSA) is 68.0 Å². The number of carbonyl (C=O) groups excluding carboxylic acids is 1. The van der Waals surface area contributed by atoms with Gasteiger partial charge in [-0.25, -0.2) is 4.98 Å². The highest BCUT2D eigenvalue weighted by atomic mass is 35.5. The van der Waals surface area contributed by atoms with Crippen molar-refractivity contribution in [2.24, 2.45) is 5.73 Å². The van der Waals surface area contributed by atoms with E-state index in [9.17, 15) is 4.79 Å². The Morgan fingerprint density at radius 1 is 1.62 bits per heavy atom. The van der Waals surface area contributed by atoms with Gasteiger partial charge in [0.05, 0.1) is 17.7 Å². The average molecular weight is 286 g/mol. The van der Waals surface area contributed by atoms with Crippen molar-refractivity contribution in [1.29, 1.82) is 0 Å². The molecule has 0 bridgehead atoms. The number of nitrogens with zero attached hydrogens (tertiary/aromatic N) is 1. The van der Waals surface area contributed by atoms with Gasteiger partial charge in [-0.1, -0.05) is 0 Å². The van der Waals surface area contributed by atoms with Gasteiger partial charge in [0, 0.05) is 17.3 Å². The highest BCUT2D eigenvalue weighted by Gasteiger charge is 2.06. The number of rotatable bonds is 4. The molecule has 1 amide bonds. The van der Waals surface area contributed by atoms with E-state index in [4.69, 9.17) is 5.73 Å². The number of aromatic nitrogens is 1. The molecule has 0 aliphatic heterocycles. The van der Waals surface area contributed by atoms with E-state index in [1.807, 2.05) is 13.8 Å². The molecule has 0 spiro atoms. The summed E-state index contributed by atoms with van der Waals surface area (Å²) in [6, 6.07) is -0.0856. The number of aryl methyl sites for hydroxylation is 1. The molecule has 0 saturated carbocycles. The molecule has 0 saturated heterocycles. The highest BCUT2D eigenvalue weighted by Crippen LogP contribution is 2.11. The number of hydrogen-bond donors (Lipinski definition) is 2. The van der Waals surface area contributed by atoms with Crippen molar-refractivity contribution in [2.75, 3.05) is 0 Å². The summed E-state index contributed by atoms with van der Waals surface area (Å²) in [6.45, 7) is 4.31. The zero-order valence-electron chi connectivity index (χ0n) is 9.23. The van der Waals surface area contributed by atoms with Crippen molar-refractivity contribution in [2.45, 2.75) is 32.9 Å². The summed E-state index contributed by atoms with van der Waals surface area (Å²) < 4.78 is 0. The minimum Gasteiger partial charge on any atom is -0.351 e. The van der Waals surface area contributed by atoms with Gasteiger partial charge in [0.25, 0.3) is 0 Å². The van der Waals surface area contributed by atoms with E-state index in [0.717, 1.165) is 10.6 Å². The molecular formula is C9H17Cl2N3OS. The second-order valence-corrected chi connectivity index (χ2v) is 4.26. The molecule has 94 valence electrons. The minimum absolute atomic E-state index is 0. The molecule has 7 heteroatoms. The Kier molecular flexibility index (Phi) is 9.86. The standard InChI is InChI=1S/C9H15N3OS.2ClH/c1-6(10)3-9(13)11-4-8-7(2)12-5-14-8;;/h5-6H,3-4,10H2,1-2H3,(H,11,13);2*1H. The Bertz CT molecular complexity index is 317. The first kappa shape index (κ1) is 18.0. The predicted molar refractivity (Wildman–Crippen MR) is 71.5 cm³/mol. The van der Waals surface area contributed by atoms with E-state index >= 15 is 0 Å². The van der Waals surface area contributed by atoms with Crippen LogP contribution < -0.4 is 11.1 Å². The van der Waals surface area contributed by atoms with Crippen LogP contribution in [0.2, 0.25) is 0 Å². The lowest BCUT2D eigenvalue weighted by molar-refractivity contribution is -0.121. The molecule has 0 aliphatic rings. The van der Waals surface area contributed by atoms with E-state index in [2.05, 4.69) is 10.3 Å². The van der Waals surface area contributed by atoms with Crippen molar-refractivity contribution < 1.29 is 4.79 Å². The Hall–Kier alpha value is -0.360. The van der Waals surface area contributed by atoms with Gasteiger partial charge in [-0.3, -0.25) is 4.79 Å². The molecule has 0 aromatic carbocycles. The number of amides is 1. The predicted octanol–water partition coefficient (Wildman–Crippen LogP) is 1.65. The van der Waals surface area contributed by atoms with E-state index in [1.165, 1.54) is 0 Å². The van der Waals surface area contributed by atoms with Crippen molar-refractivity contribution in [3.63, 3.8) is 0 Å². The lowest BCUT2D eigenvalue weighted by atomic mass is 10.2. The van der Waals surface area contributed by atoms with Crippen LogP contribution in [0.1, 0.15) is 23.9 Å². The van der Waals surface area contributed by atoms with Gasteiger partial charge in [0.1, 0.15) is 0 Å². The number of nitrogens with one attached hydrogen (secondary N) is 1. The summed E-state index contributed by atoms with van der Waals surface area (Å²) in [7, 11) is 0. The van der Waals surface area contributed by atoms with Gasteiger partial charge in [-0.05, 0) is 13.8 Å². The van der Waals surface area contributed by atoms with Gasteiger partial charge in [-0.2, -0.15) is 0 Å². The maximum absolute atomic E-state index is 11.3. The molecule has 0 aliphatic carbocycles. The fourth-order valence-electron chi connectivity index (χ4n) is 1.04. The zero-order chi connectivity index (χ0) is 10.6. The van der Waals surface area contributed by atoms with Crippen molar-refractivity contribution in [3.8, 4) is 0 Å². The molecule has 1 unspecified atom stereocenters. The van der Waals surface area contributed by atoms with Crippen LogP contribution >= 0.6 is 36.2 Å². The van der Waals surface area contributed by atoms with Crippen LogP contribution in [0, 0.1) is 6.92 Å². The number of halogens is 2. The summed E-state index contributed by atoms with van der Waals surface area (Å²) in [4.78, 5) is 16.5. The van der Waals surface area contributed by atoms with Crippen LogP contribution in [-0.4, -0.2) is 16.9 Å². The molecule has 4 nitrogen and oxygen atoms in total. The second-order valence-electron chi connectivity index (χ2n) is 3.32. The molecule has 16 heavy (non-hydrogen) atoms. The van der Waals surface area contributed by atoms with Gasteiger partial charge >= 0.3 is 0 Å². The number of nitrogens with two attached hydrogens (primary N) is 1. The Morgan fingerprint density at radius 3 is 2.69 bits per heavy atom. The third-order valence-corrected chi connectivity index (χ3v) is 2.73. The van der Waals surface area contributed by atoms with Gasteiger partial charge < -0.3 is 11.1 Å². The lowest BCUT2D eigenvalue weighted by Crippen LogP contribution is -2.29. The third-order valence-electron chi connectivity index (χ3n) is 1.80. The number of thiazole rings is 1. The summed E-state index contributed by atoms with van der Waals surface area (Å²) in [5.74, 6) is -0.00667. The monoisotopic (exact) mass is 285 g/mol. The summed E-state index contributed by atoms with van der Waals surface area (Å²) in [5, 5.41) is 2.81. The molecule has 1 aromatic rings. The Balaban J connectivity index is 0. The molecule has 1 aromatic heterocycles. The first-order chi connectivity index (χ1) is 6.59. The minimum atomic E-state index is -0.0856. The zero-order valence-corrected chi connectivity index (χ0v) is 11.7. The SMILES string of the molecule is Cc1ncsc1CNC(=O)CC(C)N.Cl.Cl. The van der Waals surface area contributed by atoms with Crippen LogP contribution in [0.25, 0.3) is 0 Å². The van der Waals surface area contributed by atoms with E-state index in [0.29, 0.717) is 13.0 Å². The summed E-state index contributed by atoms with van der Waals surface area (Å²) in [5.41, 5.74) is 8.26. The first-order valence-electron chi connectivity index (χ1n) is 4.51. The first-order valence-corrected chi connectivity index (χ1v) is 5.39. The quantitative estimate of drug-likeness (QED) is 0.884. The van der Waals surface area contributed by atoms with Gasteiger partial charge in [0.15, 0.2) is 0 Å². The normalized spacial score (nSPS) is 10.9. The number of hydrogen-bond acceptors (Lipinski definition) is 4. The van der Waals surface area contributed by atoms with Gasteiger partial charge in [0.2, 0.25) is 5.91 Å². The van der Waals surface area contributed by atoms with Crippen molar-refractivity contribution >= 4 is 42.1 Å². The summed E-state index contributed by atoms with van der Waals surface area (Å²) >= 11 is 1.55. The van der Waals surface area contributed by atoms with Crippen LogP contribution in [0.4, 0.5) is 0 Å². The van der Waals surface area contributed by atoms with Crippen LogP contribution in [0.5, 0.6) is 0 Å². The molecule has 0 fully saturated rings. The Morgan fingerprint density at radius 2 is 2.25 bits per heavy atom. The molecule has 1 rings (SSSR count). The Labute approximate surface area is 112 Å². The van der Waals surface area contributed by atoms with Crippen LogP contribution in [0.15, 0.2) is 5.51 Å². The molecule has 0 radical (unpaired) electrons. The summed E-state index contributed by atoms with van der Waals surface area (Å²) in [6.07, 6.45) is 0.373. The fourth-order valence-corrected chi connectivity index (χ4v) is 1.76. The fraction of sp³-hybridized carbons (Fsp3) is 0.556.